The summed E-state index contributed by atoms with van der Waals surface area (Å²) < 4.78 is 4.36. The van der Waals surface area contributed by atoms with Gasteiger partial charge in [-0.2, -0.15) is 0 Å². The molecular weight excluding hydrogens is 240 g/mol. The molecule has 1 aliphatic heterocycles. The Morgan fingerprint density at radius 2 is 2.00 bits per heavy atom. The van der Waals surface area contributed by atoms with Crippen LogP contribution in [0.2, 0.25) is 0 Å². The fraction of sp³-hybridized carbons (Fsp3) is 0.933. The van der Waals surface area contributed by atoms with Crippen LogP contribution in [0.4, 0.5) is 0 Å². The van der Waals surface area contributed by atoms with Gasteiger partial charge in [-0.25, -0.2) is 0 Å². The van der Waals surface area contributed by atoms with Crippen LogP contribution in [0.25, 0.3) is 0 Å². The molecule has 1 aliphatic rings. The van der Waals surface area contributed by atoms with Crippen molar-refractivity contribution in [1.29, 1.82) is 0 Å². The number of hydrogen-bond acceptors (Lipinski definition) is 4. The normalized spacial score (nSPS) is 22.3. The van der Waals surface area contributed by atoms with Crippen molar-refractivity contribution < 1.29 is 9.53 Å². The Morgan fingerprint density at radius 3 is 2.37 bits per heavy atom. The lowest BCUT2D eigenvalue weighted by Crippen LogP contribution is -2.31. The molecule has 0 bridgehead atoms. The van der Waals surface area contributed by atoms with E-state index in [1.165, 1.54) is 25.8 Å². The van der Waals surface area contributed by atoms with Gasteiger partial charge in [0.1, 0.15) is 0 Å². The maximum Gasteiger partial charge on any atom is 0.293 e. The zero-order valence-corrected chi connectivity index (χ0v) is 13.2. The smallest absolute Gasteiger partial charge is 0.293 e. The lowest BCUT2D eigenvalue weighted by atomic mass is 10.1. The second-order valence-corrected chi connectivity index (χ2v) is 6.01. The fourth-order valence-electron chi connectivity index (χ4n) is 2.03. The van der Waals surface area contributed by atoms with Crippen LogP contribution < -0.4 is 10.6 Å². The highest BCUT2D eigenvalue weighted by Crippen LogP contribution is 2.13. The molecule has 114 valence electrons. The quantitative estimate of drug-likeness (QED) is 0.552. The third-order valence-corrected chi connectivity index (χ3v) is 3.02. The molecule has 2 unspecified atom stereocenters. The number of carbonyl (C=O) groups excluding carboxylic acids is 1. The van der Waals surface area contributed by atoms with Crippen molar-refractivity contribution in [1.82, 2.24) is 10.6 Å². The number of ether oxygens (including phenoxy) is 1. The van der Waals surface area contributed by atoms with Crippen molar-refractivity contribution in [2.24, 2.45) is 5.92 Å². The zero-order valence-electron chi connectivity index (χ0n) is 13.2. The second kappa shape index (κ2) is 11.2. The van der Waals surface area contributed by atoms with E-state index in [1.807, 2.05) is 0 Å². The van der Waals surface area contributed by atoms with Gasteiger partial charge >= 0.3 is 0 Å². The largest absolute Gasteiger partial charge is 0.465 e. The van der Waals surface area contributed by atoms with Gasteiger partial charge in [-0.3, -0.25) is 4.79 Å². The van der Waals surface area contributed by atoms with Gasteiger partial charge in [-0.1, -0.05) is 13.8 Å². The predicted molar refractivity (Wildman–Crippen MR) is 80.2 cm³/mol. The van der Waals surface area contributed by atoms with E-state index in [2.05, 4.69) is 36.1 Å². The summed E-state index contributed by atoms with van der Waals surface area (Å²) in [7, 11) is 0. The van der Waals surface area contributed by atoms with Gasteiger partial charge in [0.05, 0.1) is 6.10 Å². The molecule has 1 heterocycles. The molecule has 1 rings (SSSR count). The summed E-state index contributed by atoms with van der Waals surface area (Å²) in [5.41, 5.74) is 0. The van der Waals surface area contributed by atoms with Crippen molar-refractivity contribution in [2.75, 3.05) is 13.1 Å². The predicted octanol–water partition coefficient (Wildman–Crippen LogP) is 2.33. The Balaban J connectivity index is 0.000000459. The van der Waals surface area contributed by atoms with E-state index < -0.39 is 0 Å². The van der Waals surface area contributed by atoms with Gasteiger partial charge < -0.3 is 15.4 Å². The number of nitrogens with one attached hydrogen (secondary N) is 2. The molecule has 0 aromatic rings. The first-order chi connectivity index (χ1) is 8.95. The van der Waals surface area contributed by atoms with Crippen molar-refractivity contribution in [3.05, 3.63) is 0 Å². The van der Waals surface area contributed by atoms with Crippen LogP contribution in [0, 0.1) is 5.92 Å². The van der Waals surface area contributed by atoms with E-state index in [0.717, 1.165) is 24.5 Å². The van der Waals surface area contributed by atoms with Crippen LogP contribution in [0.5, 0.6) is 0 Å². The first kappa shape index (κ1) is 18.4. The standard InChI is InChI=1S/C11H24N2.C4H8O2/c1-9(2)8-12-7-6-11-5-4-10(3)13-11;1-4(2)6-3-5/h9-13H,4-8H2,1-3H3;3-4H,1-2H3. The van der Waals surface area contributed by atoms with Gasteiger partial charge in [0, 0.05) is 12.1 Å². The van der Waals surface area contributed by atoms with Gasteiger partial charge in [0.2, 0.25) is 0 Å². The molecule has 0 radical (unpaired) electrons. The minimum Gasteiger partial charge on any atom is -0.465 e. The maximum atomic E-state index is 9.39. The molecule has 1 fully saturated rings. The van der Waals surface area contributed by atoms with Crippen LogP contribution in [-0.4, -0.2) is 37.7 Å². The number of hydrogen-bond donors (Lipinski definition) is 2. The Bertz CT molecular complexity index is 220. The topological polar surface area (TPSA) is 50.4 Å². The van der Waals surface area contributed by atoms with E-state index >= 15 is 0 Å². The highest BCUT2D eigenvalue weighted by atomic mass is 16.5. The molecular formula is C15H32N2O2. The third kappa shape index (κ3) is 12.2. The molecule has 2 atom stereocenters. The Morgan fingerprint density at radius 1 is 1.32 bits per heavy atom. The van der Waals surface area contributed by atoms with Gasteiger partial charge in [0.15, 0.2) is 0 Å². The molecule has 0 aliphatic carbocycles. The Kier molecular flexibility index (Phi) is 10.9. The van der Waals surface area contributed by atoms with Crippen LogP contribution in [-0.2, 0) is 9.53 Å². The summed E-state index contributed by atoms with van der Waals surface area (Å²) in [4.78, 5) is 9.39. The summed E-state index contributed by atoms with van der Waals surface area (Å²) in [6.45, 7) is 13.2. The van der Waals surface area contributed by atoms with Crippen molar-refractivity contribution >= 4 is 6.47 Å². The molecule has 0 aromatic heterocycles. The van der Waals surface area contributed by atoms with E-state index in [9.17, 15) is 4.79 Å². The fourth-order valence-corrected chi connectivity index (χ4v) is 2.03. The zero-order chi connectivity index (χ0) is 14.7. The maximum absolute atomic E-state index is 9.39. The summed E-state index contributed by atoms with van der Waals surface area (Å²) >= 11 is 0. The third-order valence-electron chi connectivity index (χ3n) is 3.02. The molecule has 19 heavy (non-hydrogen) atoms. The lowest BCUT2D eigenvalue weighted by molar-refractivity contribution is -0.131. The van der Waals surface area contributed by atoms with Gasteiger partial charge in [-0.05, 0) is 59.0 Å². The highest BCUT2D eigenvalue weighted by Gasteiger charge is 2.18. The van der Waals surface area contributed by atoms with Crippen molar-refractivity contribution in [3.63, 3.8) is 0 Å². The van der Waals surface area contributed by atoms with E-state index in [4.69, 9.17) is 0 Å². The van der Waals surface area contributed by atoms with Crippen LogP contribution in [0.3, 0.4) is 0 Å². The van der Waals surface area contributed by atoms with Crippen molar-refractivity contribution in [3.8, 4) is 0 Å². The van der Waals surface area contributed by atoms with E-state index in [1.54, 1.807) is 13.8 Å². The van der Waals surface area contributed by atoms with Crippen LogP contribution in [0.15, 0.2) is 0 Å². The first-order valence-electron chi connectivity index (χ1n) is 7.51. The summed E-state index contributed by atoms with van der Waals surface area (Å²) in [6, 6.07) is 1.52. The monoisotopic (exact) mass is 272 g/mol. The molecule has 0 spiro atoms. The summed E-state index contributed by atoms with van der Waals surface area (Å²) in [5.74, 6) is 0.774. The average Bonchev–Trinajstić information content (AvgIpc) is 2.71. The minimum absolute atomic E-state index is 0.0301. The summed E-state index contributed by atoms with van der Waals surface area (Å²) in [5, 5.41) is 7.09. The first-order valence-corrected chi connectivity index (χ1v) is 7.51. The lowest BCUT2D eigenvalue weighted by Gasteiger charge is -2.12. The minimum atomic E-state index is 0.0301. The number of carbonyl (C=O) groups is 1. The highest BCUT2D eigenvalue weighted by molar-refractivity contribution is 5.37. The molecule has 1 saturated heterocycles. The second-order valence-electron chi connectivity index (χ2n) is 6.01. The van der Waals surface area contributed by atoms with Crippen LogP contribution >= 0.6 is 0 Å². The SMILES string of the molecule is CC(C)CNCCC1CCC(C)N1.CC(C)OC=O. The number of rotatable bonds is 7. The summed E-state index contributed by atoms with van der Waals surface area (Å²) in [6.07, 6.45) is 4.04. The molecule has 2 N–H and O–H groups in total. The molecule has 0 amide bonds. The Hall–Kier alpha value is -0.610. The van der Waals surface area contributed by atoms with Crippen molar-refractivity contribution in [2.45, 2.75) is 72.1 Å². The van der Waals surface area contributed by atoms with Crippen LogP contribution in [0.1, 0.15) is 53.9 Å². The molecule has 0 saturated carbocycles. The van der Waals surface area contributed by atoms with E-state index in [-0.39, 0.29) is 6.10 Å². The Labute approximate surface area is 118 Å². The molecule has 0 aromatic carbocycles. The molecule has 4 nitrogen and oxygen atoms in total. The van der Waals surface area contributed by atoms with Gasteiger partial charge in [-0.15, -0.1) is 0 Å². The average molecular weight is 272 g/mol. The van der Waals surface area contributed by atoms with Gasteiger partial charge in [0.25, 0.3) is 6.47 Å². The molecule has 4 heteroatoms. The van der Waals surface area contributed by atoms with E-state index in [0.29, 0.717) is 6.47 Å².